The van der Waals surface area contributed by atoms with Crippen LogP contribution in [0, 0.1) is 0 Å². The SMILES string of the molecule is c1cn([C@@H]2COC[C@@H]2NCc2ccc3cn[nH]c3c2)nn1. The number of rotatable bonds is 4. The molecular weight excluding hydrogens is 268 g/mol. The van der Waals surface area contributed by atoms with Gasteiger partial charge in [-0.3, -0.25) is 5.10 Å². The van der Waals surface area contributed by atoms with Crippen molar-refractivity contribution in [2.45, 2.75) is 18.6 Å². The molecule has 108 valence electrons. The van der Waals surface area contributed by atoms with Crippen LogP contribution in [-0.4, -0.2) is 44.4 Å². The van der Waals surface area contributed by atoms with E-state index < -0.39 is 0 Å². The van der Waals surface area contributed by atoms with Crippen molar-refractivity contribution in [1.82, 2.24) is 30.5 Å². The van der Waals surface area contributed by atoms with Gasteiger partial charge in [0.05, 0.1) is 43.2 Å². The van der Waals surface area contributed by atoms with Gasteiger partial charge in [-0.25, -0.2) is 4.68 Å². The van der Waals surface area contributed by atoms with Gasteiger partial charge in [0, 0.05) is 18.1 Å². The van der Waals surface area contributed by atoms with Crippen LogP contribution in [0.15, 0.2) is 36.8 Å². The summed E-state index contributed by atoms with van der Waals surface area (Å²) in [4.78, 5) is 0. The second-order valence-electron chi connectivity index (χ2n) is 5.27. The fraction of sp³-hybridized carbons (Fsp3) is 0.357. The van der Waals surface area contributed by atoms with Gasteiger partial charge in [-0.15, -0.1) is 5.10 Å². The molecule has 4 rings (SSSR count). The van der Waals surface area contributed by atoms with Crippen molar-refractivity contribution in [3.05, 3.63) is 42.4 Å². The Bertz CT molecular complexity index is 722. The topological polar surface area (TPSA) is 80.6 Å². The molecule has 1 aromatic carbocycles. The first kappa shape index (κ1) is 12.5. The summed E-state index contributed by atoms with van der Waals surface area (Å²) < 4.78 is 7.44. The van der Waals surface area contributed by atoms with Crippen LogP contribution < -0.4 is 5.32 Å². The fourth-order valence-corrected chi connectivity index (χ4v) is 2.74. The normalized spacial score (nSPS) is 22.1. The van der Waals surface area contributed by atoms with Crippen LogP contribution in [-0.2, 0) is 11.3 Å². The molecule has 3 heterocycles. The summed E-state index contributed by atoms with van der Waals surface area (Å²) in [5.74, 6) is 0. The zero-order chi connectivity index (χ0) is 14.1. The van der Waals surface area contributed by atoms with Crippen LogP contribution >= 0.6 is 0 Å². The number of H-pyrrole nitrogens is 1. The molecule has 7 nitrogen and oxygen atoms in total. The van der Waals surface area contributed by atoms with E-state index in [9.17, 15) is 0 Å². The van der Waals surface area contributed by atoms with Gasteiger partial charge in [0.25, 0.3) is 0 Å². The summed E-state index contributed by atoms with van der Waals surface area (Å²) in [7, 11) is 0. The lowest BCUT2D eigenvalue weighted by atomic mass is 10.1. The monoisotopic (exact) mass is 284 g/mol. The van der Waals surface area contributed by atoms with Crippen LogP contribution in [0.4, 0.5) is 0 Å². The predicted octanol–water partition coefficient (Wildman–Crippen LogP) is 0.884. The van der Waals surface area contributed by atoms with E-state index in [0.717, 1.165) is 17.4 Å². The largest absolute Gasteiger partial charge is 0.377 e. The highest BCUT2D eigenvalue weighted by Gasteiger charge is 2.29. The zero-order valence-electron chi connectivity index (χ0n) is 11.4. The number of hydrogen-bond acceptors (Lipinski definition) is 5. The van der Waals surface area contributed by atoms with E-state index in [1.54, 1.807) is 6.20 Å². The van der Waals surface area contributed by atoms with Crippen LogP contribution in [0.1, 0.15) is 11.6 Å². The number of nitrogens with zero attached hydrogens (tertiary/aromatic N) is 4. The molecule has 1 fully saturated rings. The molecular formula is C14H16N6O. The Morgan fingerprint density at radius 3 is 3.29 bits per heavy atom. The molecule has 2 N–H and O–H groups in total. The Morgan fingerprint density at radius 1 is 1.38 bits per heavy atom. The van der Waals surface area contributed by atoms with Gasteiger partial charge >= 0.3 is 0 Å². The van der Waals surface area contributed by atoms with Crippen molar-refractivity contribution in [1.29, 1.82) is 0 Å². The van der Waals surface area contributed by atoms with E-state index in [0.29, 0.717) is 13.2 Å². The molecule has 0 amide bonds. The molecule has 2 atom stereocenters. The molecule has 0 bridgehead atoms. The third-order valence-corrected chi connectivity index (χ3v) is 3.91. The molecule has 7 heteroatoms. The van der Waals surface area contributed by atoms with E-state index in [2.05, 4.69) is 44.0 Å². The molecule has 0 saturated carbocycles. The zero-order valence-corrected chi connectivity index (χ0v) is 11.4. The Kier molecular flexibility index (Phi) is 3.13. The standard InChI is InChI=1S/C14H16N6O/c1-2-11-7-17-18-12(11)5-10(1)6-15-13-8-21-9-14(13)20-4-3-16-19-20/h1-5,7,13-15H,6,8-9H2,(H,17,18)/t13-,14+/m0/s1. The molecule has 0 radical (unpaired) electrons. The first-order valence-corrected chi connectivity index (χ1v) is 6.99. The number of aromatic amines is 1. The van der Waals surface area contributed by atoms with E-state index in [-0.39, 0.29) is 12.1 Å². The molecule has 1 aliphatic rings. The van der Waals surface area contributed by atoms with Crippen LogP contribution in [0.5, 0.6) is 0 Å². The molecule has 0 aliphatic carbocycles. The smallest absolute Gasteiger partial charge is 0.0945 e. The van der Waals surface area contributed by atoms with Crippen LogP contribution in [0.2, 0.25) is 0 Å². The van der Waals surface area contributed by atoms with Crippen LogP contribution in [0.3, 0.4) is 0 Å². The number of fused-ring (bicyclic) bond motifs is 1. The number of aromatic nitrogens is 5. The average molecular weight is 284 g/mol. The third-order valence-electron chi connectivity index (χ3n) is 3.91. The lowest BCUT2D eigenvalue weighted by molar-refractivity contribution is 0.181. The summed E-state index contributed by atoms with van der Waals surface area (Å²) in [5, 5.41) is 19.6. The maximum Gasteiger partial charge on any atom is 0.0945 e. The highest BCUT2D eigenvalue weighted by atomic mass is 16.5. The molecule has 3 aromatic rings. The van der Waals surface area contributed by atoms with E-state index in [4.69, 9.17) is 4.74 Å². The maximum atomic E-state index is 5.57. The second-order valence-corrected chi connectivity index (χ2v) is 5.27. The molecule has 21 heavy (non-hydrogen) atoms. The Balaban J connectivity index is 1.45. The summed E-state index contributed by atoms with van der Waals surface area (Å²) in [5.41, 5.74) is 2.28. The van der Waals surface area contributed by atoms with E-state index in [1.165, 1.54) is 5.56 Å². The molecule has 1 aliphatic heterocycles. The number of benzene rings is 1. The minimum Gasteiger partial charge on any atom is -0.377 e. The molecule has 0 unspecified atom stereocenters. The molecule has 1 saturated heterocycles. The van der Waals surface area contributed by atoms with Crippen molar-refractivity contribution in [3.63, 3.8) is 0 Å². The van der Waals surface area contributed by atoms with Gasteiger partial charge in [0.1, 0.15) is 0 Å². The third kappa shape index (κ3) is 2.41. The van der Waals surface area contributed by atoms with Crippen LogP contribution in [0.25, 0.3) is 10.9 Å². The van der Waals surface area contributed by atoms with Gasteiger partial charge in [0.15, 0.2) is 0 Å². The Hall–Kier alpha value is -2.25. The predicted molar refractivity (Wildman–Crippen MR) is 76.6 cm³/mol. The fourth-order valence-electron chi connectivity index (χ4n) is 2.74. The molecule has 0 spiro atoms. The van der Waals surface area contributed by atoms with Gasteiger partial charge in [0.2, 0.25) is 0 Å². The van der Waals surface area contributed by atoms with Gasteiger partial charge < -0.3 is 10.1 Å². The van der Waals surface area contributed by atoms with Gasteiger partial charge in [-0.2, -0.15) is 5.10 Å². The minimum absolute atomic E-state index is 0.198. The minimum atomic E-state index is 0.198. The lowest BCUT2D eigenvalue weighted by Gasteiger charge is -2.18. The van der Waals surface area contributed by atoms with Crippen molar-refractivity contribution in [2.75, 3.05) is 13.2 Å². The number of ether oxygens (including phenoxy) is 1. The highest BCUT2D eigenvalue weighted by Crippen LogP contribution is 2.19. The van der Waals surface area contributed by atoms with Gasteiger partial charge in [-0.1, -0.05) is 17.3 Å². The van der Waals surface area contributed by atoms with Crippen molar-refractivity contribution in [2.24, 2.45) is 0 Å². The van der Waals surface area contributed by atoms with Crippen molar-refractivity contribution >= 4 is 10.9 Å². The highest BCUT2D eigenvalue weighted by molar-refractivity contribution is 5.78. The quantitative estimate of drug-likeness (QED) is 0.743. The molecule has 2 aromatic heterocycles. The summed E-state index contributed by atoms with van der Waals surface area (Å²) in [6.45, 7) is 2.14. The summed E-state index contributed by atoms with van der Waals surface area (Å²) in [6.07, 6.45) is 5.41. The summed E-state index contributed by atoms with van der Waals surface area (Å²) in [6, 6.07) is 6.75. The lowest BCUT2D eigenvalue weighted by Crippen LogP contribution is -2.36. The first-order valence-electron chi connectivity index (χ1n) is 6.99. The number of nitrogens with one attached hydrogen (secondary N) is 2. The average Bonchev–Trinajstić information content (AvgIpc) is 3.24. The van der Waals surface area contributed by atoms with E-state index in [1.807, 2.05) is 17.1 Å². The number of hydrogen-bond donors (Lipinski definition) is 2. The van der Waals surface area contributed by atoms with E-state index >= 15 is 0 Å². The van der Waals surface area contributed by atoms with Crippen molar-refractivity contribution < 1.29 is 4.74 Å². The maximum absolute atomic E-state index is 5.57. The Labute approximate surface area is 121 Å². The van der Waals surface area contributed by atoms with Crippen molar-refractivity contribution in [3.8, 4) is 0 Å². The Morgan fingerprint density at radius 2 is 2.38 bits per heavy atom. The van der Waals surface area contributed by atoms with Gasteiger partial charge in [-0.05, 0) is 11.6 Å². The second kappa shape index (κ2) is 5.27. The summed E-state index contributed by atoms with van der Waals surface area (Å²) >= 11 is 0. The first-order chi connectivity index (χ1) is 10.4.